The maximum atomic E-state index is 12.5. The SMILES string of the molecule is CN(C(=O)c1cccc(C#N)c1)c1nnc([C@@H]2CCOC2)s1. The van der Waals surface area contributed by atoms with Crippen LogP contribution in [0.2, 0.25) is 0 Å². The minimum atomic E-state index is -0.206. The van der Waals surface area contributed by atoms with E-state index in [2.05, 4.69) is 10.2 Å². The standard InChI is InChI=1S/C15H14N4O2S/c1-19(14(20)11-4-2-3-10(7-11)8-16)15-18-17-13(22-15)12-5-6-21-9-12/h2-4,7,12H,5-6,9H2,1H3/t12-/m1/s1. The van der Waals surface area contributed by atoms with Gasteiger partial charge in [0.25, 0.3) is 5.91 Å². The molecule has 0 bridgehead atoms. The van der Waals surface area contributed by atoms with Crippen molar-refractivity contribution in [2.45, 2.75) is 12.3 Å². The molecule has 1 aromatic heterocycles. The van der Waals surface area contributed by atoms with Crippen LogP contribution in [0.3, 0.4) is 0 Å². The summed E-state index contributed by atoms with van der Waals surface area (Å²) in [7, 11) is 1.66. The Labute approximate surface area is 132 Å². The van der Waals surface area contributed by atoms with Crippen LogP contribution in [-0.4, -0.2) is 36.4 Å². The Kier molecular flexibility index (Phi) is 4.13. The number of hydrogen-bond donors (Lipinski definition) is 0. The Morgan fingerprint density at radius 1 is 1.50 bits per heavy atom. The molecule has 0 N–H and O–H groups in total. The lowest BCUT2D eigenvalue weighted by molar-refractivity contribution is 0.0993. The summed E-state index contributed by atoms with van der Waals surface area (Å²) >= 11 is 1.41. The first-order chi connectivity index (χ1) is 10.7. The van der Waals surface area contributed by atoms with Gasteiger partial charge < -0.3 is 4.74 Å². The number of benzene rings is 1. The molecule has 1 fully saturated rings. The van der Waals surface area contributed by atoms with Gasteiger partial charge in [0.05, 0.1) is 18.2 Å². The summed E-state index contributed by atoms with van der Waals surface area (Å²) < 4.78 is 5.35. The molecule has 1 saturated heterocycles. The largest absolute Gasteiger partial charge is 0.381 e. The zero-order chi connectivity index (χ0) is 15.5. The molecule has 2 heterocycles. The van der Waals surface area contributed by atoms with Crippen molar-refractivity contribution in [3.05, 3.63) is 40.4 Å². The fraction of sp³-hybridized carbons (Fsp3) is 0.333. The summed E-state index contributed by atoms with van der Waals surface area (Å²) in [5.41, 5.74) is 0.919. The highest BCUT2D eigenvalue weighted by Gasteiger charge is 2.24. The van der Waals surface area contributed by atoms with Gasteiger partial charge in [0.15, 0.2) is 0 Å². The number of carbonyl (C=O) groups is 1. The molecular weight excluding hydrogens is 300 g/mol. The Morgan fingerprint density at radius 3 is 3.09 bits per heavy atom. The van der Waals surface area contributed by atoms with Gasteiger partial charge in [-0.25, -0.2) is 0 Å². The average molecular weight is 314 g/mol. The smallest absolute Gasteiger partial charge is 0.259 e. The maximum Gasteiger partial charge on any atom is 0.259 e. The van der Waals surface area contributed by atoms with Crippen LogP contribution in [0.4, 0.5) is 5.13 Å². The van der Waals surface area contributed by atoms with Crippen molar-refractivity contribution in [2.24, 2.45) is 0 Å². The van der Waals surface area contributed by atoms with E-state index in [0.29, 0.717) is 22.9 Å². The van der Waals surface area contributed by atoms with Crippen LogP contribution in [0, 0.1) is 11.3 Å². The van der Waals surface area contributed by atoms with E-state index in [-0.39, 0.29) is 11.8 Å². The van der Waals surface area contributed by atoms with E-state index in [1.54, 1.807) is 31.3 Å². The molecular formula is C15H14N4O2S. The Balaban J connectivity index is 1.79. The lowest BCUT2D eigenvalue weighted by Gasteiger charge is -2.13. The van der Waals surface area contributed by atoms with Gasteiger partial charge in [0, 0.05) is 25.1 Å². The second-order valence-corrected chi connectivity index (χ2v) is 6.03. The maximum absolute atomic E-state index is 12.5. The number of rotatable bonds is 3. The van der Waals surface area contributed by atoms with Crippen molar-refractivity contribution < 1.29 is 9.53 Å². The van der Waals surface area contributed by atoms with Crippen LogP contribution >= 0.6 is 11.3 Å². The number of carbonyl (C=O) groups excluding carboxylic acids is 1. The summed E-state index contributed by atoms with van der Waals surface area (Å²) in [5, 5.41) is 18.6. The van der Waals surface area contributed by atoms with Gasteiger partial charge in [-0.15, -0.1) is 10.2 Å². The summed E-state index contributed by atoms with van der Waals surface area (Å²) in [4.78, 5) is 13.9. The molecule has 0 radical (unpaired) electrons. The van der Waals surface area contributed by atoms with Crippen molar-refractivity contribution in [1.82, 2.24) is 10.2 Å². The van der Waals surface area contributed by atoms with Crippen LogP contribution in [0.15, 0.2) is 24.3 Å². The van der Waals surface area contributed by atoms with Gasteiger partial charge >= 0.3 is 0 Å². The molecule has 1 aromatic carbocycles. The van der Waals surface area contributed by atoms with Gasteiger partial charge in [0.2, 0.25) is 5.13 Å². The summed E-state index contributed by atoms with van der Waals surface area (Å²) in [5.74, 6) is 0.0686. The van der Waals surface area contributed by atoms with Crippen molar-refractivity contribution >= 4 is 22.4 Å². The Morgan fingerprint density at radius 2 is 2.36 bits per heavy atom. The predicted octanol–water partition coefficient (Wildman–Crippen LogP) is 2.19. The molecule has 1 atom stereocenters. The van der Waals surface area contributed by atoms with Gasteiger partial charge in [0.1, 0.15) is 5.01 Å². The first kappa shape index (κ1) is 14.6. The fourth-order valence-corrected chi connectivity index (χ4v) is 3.18. The number of anilines is 1. The van der Waals surface area contributed by atoms with Gasteiger partial charge in [-0.2, -0.15) is 5.26 Å². The lowest BCUT2D eigenvalue weighted by Crippen LogP contribution is -2.26. The zero-order valence-electron chi connectivity index (χ0n) is 12.0. The van der Waals surface area contributed by atoms with Crippen LogP contribution in [0.1, 0.15) is 33.3 Å². The molecule has 0 saturated carbocycles. The Hall–Kier alpha value is -2.30. The Bertz CT molecular complexity index is 731. The van der Waals surface area contributed by atoms with Crippen LogP contribution < -0.4 is 4.90 Å². The van der Waals surface area contributed by atoms with Crippen LogP contribution in [-0.2, 0) is 4.74 Å². The second-order valence-electron chi connectivity index (χ2n) is 5.04. The molecule has 112 valence electrons. The molecule has 0 aliphatic carbocycles. The van der Waals surface area contributed by atoms with E-state index in [1.807, 2.05) is 6.07 Å². The van der Waals surface area contributed by atoms with E-state index >= 15 is 0 Å². The van der Waals surface area contributed by atoms with E-state index in [4.69, 9.17) is 10.00 Å². The first-order valence-corrected chi connectivity index (χ1v) is 7.70. The number of hydrogen-bond acceptors (Lipinski definition) is 6. The number of nitriles is 1. The molecule has 1 aliphatic rings. The van der Waals surface area contributed by atoms with E-state index < -0.39 is 0 Å². The third kappa shape index (κ3) is 2.84. The number of ether oxygens (including phenoxy) is 1. The van der Waals surface area contributed by atoms with E-state index in [0.717, 1.165) is 18.0 Å². The number of aromatic nitrogens is 2. The van der Waals surface area contributed by atoms with Crippen molar-refractivity contribution in [1.29, 1.82) is 5.26 Å². The van der Waals surface area contributed by atoms with Gasteiger partial charge in [-0.1, -0.05) is 17.4 Å². The minimum Gasteiger partial charge on any atom is -0.381 e. The average Bonchev–Trinajstić information content (AvgIpc) is 3.24. The van der Waals surface area contributed by atoms with Gasteiger partial charge in [-0.3, -0.25) is 9.69 Å². The molecule has 6 nitrogen and oxygen atoms in total. The molecule has 2 aromatic rings. The van der Waals surface area contributed by atoms with Crippen molar-refractivity contribution in [3.8, 4) is 6.07 Å². The molecule has 3 rings (SSSR count). The third-order valence-electron chi connectivity index (χ3n) is 3.54. The normalized spacial score (nSPS) is 17.2. The topological polar surface area (TPSA) is 79.1 Å². The van der Waals surface area contributed by atoms with Crippen LogP contribution in [0.5, 0.6) is 0 Å². The molecule has 22 heavy (non-hydrogen) atoms. The summed E-state index contributed by atoms with van der Waals surface area (Å²) in [6, 6.07) is 8.66. The first-order valence-electron chi connectivity index (χ1n) is 6.88. The highest BCUT2D eigenvalue weighted by Crippen LogP contribution is 2.31. The lowest BCUT2D eigenvalue weighted by atomic mass is 10.1. The van der Waals surface area contributed by atoms with E-state index in [1.165, 1.54) is 16.2 Å². The van der Waals surface area contributed by atoms with Crippen molar-refractivity contribution in [2.75, 3.05) is 25.2 Å². The quantitative estimate of drug-likeness (QED) is 0.867. The molecule has 0 spiro atoms. The van der Waals surface area contributed by atoms with Crippen molar-refractivity contribution in [3.63, 3.8) is 0 Å². The van der Waals surface area contributed by atoms with Crippen LogP contribution in [0.25, 0.3) is 0 Å². The summed E-state index contributed by atoms with van der Waals surface area (Å²) in [6.07, 6.45) is 0.941. The predicted molar refractivity (Wildman–Crippen MR) is 82.0 cm³/mol. The van der Waals surface area contributed by atoms with E-state index in [9.17, 15) is 4.79 Å². The number of nitrogens with zero attached hydrogens (tertiary/aromatic N) is 4. The third-order valence-corrected chi connectivity index (χ3v) is 4.70. The molecule has 1 aliphatic heterocycles. The zero-order valence-corrected chi connectivity index (χ0v) is 12.8. The molecule has 1 amide bonds. The monoisotopic (exact) mass is 314 g/mol. The molecule has 7 heteroatoms. The highest BCUT2D eigenvalue weighted by molar-refractivity contribution is 7.15. The fourth-order valence-electron chi connectivity index (χ4n) is 2.26. The van der Waals surface area contributed by atoms with Gasteiger partial charge in [-0.05, 0) is 24.6 Å². The number of amides is 1. The highest BCUT2D eigenvalue weighted by atomic mass is 32.1. The molecule has 0 unspecified atom stereocenters. The second kappa shape index (κ2) is 6.22. The minimum absolute atomic E-state index is 0.206. The summed E-state index contributed by atoms with van der Waals surface area (Å²) in [6.45, 7) is 1.41.